The van der Waals surface area contributed by atoms with Crippen LogP contribution in [-0.4, -0.2) is 22.5 Å². The first-order valence-electron chi connectivity index (χ1n) is 3.31. The summed E-state index contributed by atoms with van der Waals surface area (Å²) >= 11 is 0. The molecule has 0 radical (unpaired) electrons. The zero-order valence-electron chi connectivity index (χ0n) is 6.60. The van der Waals surface area contributed by atoms with Crippen molar-refractivity contribution in [1.29, 1.82) is 0 Å². The number of carbonyl (C=O) groups excluding carboxylic acids is 1. The third-order valence-corrected chi connectivity index (χ3v) is 1.34. The lowest BCUT2D eigenvalue weighted by molar-refractivity contribution is -0.150. The van der Waals surface area contributed by atoms with Gasteiger partial charge in [0.2, 0.25) is 6.79 Å². The number of ether oxygens (including phenoxy) is 1. The molecule has 0 aliphatic rings. The van der Waals surface area contributed by atoms with E-state index < -0.39 is 20.6 Å². The van der Waals surface area contributed by atoms with Crippen molar-refractivity contribution in [2.75, 3.05) is 6.79 Å². The van der Waals surface area contributed by atoms with E-state index in [1.54, 1.807) is 6.92 Å². The third kappa shape index (κ3) is 7.68. The topological polar surface area (TPSA) is 93.1 Å². The van der Waals surface area contributed by atoms with Gasteiger partial charge in [-0.3, -0.25) is 4.79 Å². The Balaban J connectivity index is 3.44. The van der Waals surface area contributed by atoms with Gasteiger partial charge in [0.25, 0.3) is 0 Å². The second-order valence-corrected chi connectivity index (χ2v) is 3.24. The van der Waals surface area contributed by atoms with Gasteiger partial charge in [-0.15, -0.1) is 0 Å². The van der Waals surface area contributed by atoms with Crippen LogP contribution in [0.5, 0.6) is 0 Å². The summed E-state index contributed by atoms with van der Waals surface area (Å²) in [6.07, 6.45) is 0.833. The molecule has 2 N–H and O–H groups in total. The van der Waals surface area contributed by atoms with E-state index >= 15 is 0 Å². The fourth-order valence-electron chi connectivity index (χ4n) is 0.437. The third-order valence-electron chi connectivity index (χ3n) is 0.895. The van der Waals surface area contributed by atoms with Gasteiger partial charge in [-0.2, -0.15) is 0 Å². The van der Waals surface area contributed by atoms with Gasteiger partial charge in [-0.25, -0.2) is 9.09 Å². The zero-order chi connectivity index (χ0) is 9.61. The van der Waals surface area contributed by atoms with E-state index in [2.05, 4.69) is 9.26 Å². The van der Waals surface area contributed by atoms with Crippen LogP contribution in [0, 0.1) is 0 Å². The maximum absolute atomic E-state index is 10.6. The molecule has 72 valence electrons. The van der Waals surface area contributed by atoms with Gasteiger partial charge in [0, 0.05) is 6.42 Å². The molecule has 0 saturated carbocycles. The predicted octanol–water partition coefficient (Wildman–Crippen LogP) is 0.396. The van der Waals surface area contributed by atoms with E-state index in [1.165, 1.54) is 0 Å². The second-order valence-electron chi connectivity index (χ2n) is 2.00. The van der Waals surface area contributed by atoms with Crippen LogP contribution in [0.2, 0.25) is 0 Å². The van der Waals surface area contributed by atoms with Gasteiger partial charge in [0.05, 0.1) is 0 Å². The van der Waals surface area contributed by atoms with E-state index in [0.717, 1.165) is 0 Å². The van der Waals surface area contributed by atoms with E-state index in [1.807, 2.05) is 0 Å². The molecule has 0 saturated heterocycles. The van der Waals surface area contributed by atoms with Crippen molar-refractivity contribution in [2.45, 2.75) is 19.8 Å². The monoisotopic (exact) mass is 198 g/mol. The van der Waals surface area contributed by atoms with Crippen molar-refractivity contribution in [3.8, 4) is 0 Å². The van der Waals surface area contributed by atoms with E-state index in [9.17, 15) is 9.36 Å². The summed E-state index contributed by atoms with van der Waals surface area (Å²) in [5, 5.41) is 0. The summed E-state index contributed by atoms with van der Waals surface area (Å²) in [6, 6.07) is 0. The first-order valence-corrected chi connectivity index (χ1v) is 4.84. The molecule has 0 aromatic heterocycles. The number of hydrogen-bond acceptors (Lipinski definition) is 4. The van der Waals surface area contributed by atoms with Crippen molar-refractivity contribution in [1.82, 2.24) is 0 Å². The lowest BCUT2D eigenvalue weighted by atomic mass is 10.3. The molecule has 6 nitrogen and oxygen atoms in total. The number of hydrogen-bond donors (Lipinski definition) is 2. The first-order chi connectivity index (χ1) is 5.45. The Kier molecular flexibility index (Phi) is 5.08. The standard InChI is InChI=1S/C5H11O6P/c1-2-3-5(6)10-4-11-12(7,8)9/h2-4H2,1H3,(H2,7,8,9). The Morgan fingerprint density at radius 2 is 2.08 bits per heavy atom. The van der Waals surface area contributed by atoms with E-state index in [0.29, 0.717) is 6.42 Å². The predicted molar refractivity (Wildman–Crippen MR) is 39.0 cm³/mol. The molecule has 0 heterocycles. The van der Waals surface area contributed by atoms with Gasteiger partial charge in [-0.1, -0.05) is 6.92 Å². The Labute approximate surface area is 69.7 Å². The van der Waals surface area contributed by atoms with Gasteiger partial charge in [0.1, 0.15) is 0 Å². The van der Waals surface area contributed by atoms with Crippen LogP contribution in [0.4, 0.5) is 0 Å². The number of carbonyl (C=O) groups is 1. The van der Waals surface area contributed by atoms with Gasteiger partial charge >= 0.3 is 13.8 Å². The maximum atomic E-state index is 10.6. The minimum absolute atomic E-state index is 0.213. The van der Waals surface area contributed by atoms with Gasteiger partial charge in [-0.05, 0) is 6.42 Å². The fraction of sp³-hybridized carbons (Fsp3) is 0.800. The highest BCUT2D eigenvalue weighted by Gasteiger charge is 2.14. The Bertz CT molecular complexity index is 184. The summed E-state index contributed by atoms with van der Waals surface area (Å²) in [5.41, 5.74) is 0. The van der Waals surface area contributed by atoms with Gasteiger partial charge < -0.3 is 14.5 Å². The van der Waals surface area contributed by atoms with Crippen LogP contribution in [0.3, 0.4) is 0 Å². The second kappa shape index (κ2) is 5.27. The normalized spacial score (nSPS) is 11.2. The molecule has 0 aliphatic heterocycles. The first kappa shape index (κ1) is 11.6. The van der Waals surface area contributed by atoms with Crippen molar-refractivity contribution in [3.05, 3.63) is 0 Å². The molecule has 12 heavy (non-hydrogen) atoms. The summed E-state index contributed by atoms with van der Waals surface area (Å²) < 4.78 is 18.2. The molecule has 0 aliphatic carbocycles. The molecular weight excluding hydrogens is 187 g/mol. The van der Waals surface area contributed by atoms with Crippen molar-refractivity contribution >= 4 is 13.8 Å². The molecular formula is C5H11O6P. The van der Waals surface area contributed by atoms with Crippen LogP contribution in [-0.2, 0) is 18.6 Å². The number of phosphoric ester groups is 1. The minimum Gasteiger partial charge on any atom is -0.438 e. The highest BCUT2D eigenvalue weighted by molar-refractivity contribution is 7.46. The van der Waals surface area contributed by atoms with Crippen LogP contribution < -0.4 is 0 Å². The average molecular weight is 198 g/mol. The molecule has 0 amide bonds. The SMILES string of the molecule is CCCC(=O)OCOP(=O)(O)O. The van der Waals surface area contributed by atoms with Gasteiger partial charge in [0.15, 0.2) is 0 Å². The molecule has 0 unspecified atom stereocenters. The quantitative estimate of drug-likeness (QED) is 0.377. The molecule has 0 aromatic rings. The smallest absolute Gasteiger partial charge is 0.438 e. The molecule has 0 atom stereocenters. The Morgan fingerprint density at radius 1 is 1.50 bits per heavy atom. The lowest BCUT2D eigenvalue weighted by Crippen LogP contribution is -2.06. The highest BCUT2D eigenvalue weighted by Crippen LogP contribution is 2.35. The van der Waals surface area contributed by atoms with Crippen LogP contribution >= 0.6 is 7.82 Å². The van der Waals surface area contributed by atoms with Crippen molar-refractivity contribution in [2.24, 2.45) is 0 Å². The number of rotatable bonds is 5. The fourth-order valence-corrected chi connectivity index (χ4v) is 0.627. The zero-order valence-corrected chi connectivity index (χ0v) is 7.49. The Morgan fingerprint density at radius 3 is 2.50 bits per heavy atom. The largest absolute Gasteiger partial charge is 0.472 e. The van der Waals surface area contributed by atoms with Crippen LogP contribution in [0.25, 0.3) is 0 Å². The van der Waals surface area contributed by atoms with E-state index in [4.69, 9.17) is 9.79 Å². The molecule has 0 bridgehead atoms. The molecule has 0 rings (SSSR count). The highest BCUT2D eigenvalue weighted by atomic mass is 31.2. The Hall–Kier alpha value is -0.420. The minimum atomic E-state index is -4.52. The molecule has 0 aromatic carbocycles. The lowest BCUT2D eigenvalue weighted by Gasteiger charge is -2.05. The number of esters is 1. The van der Waals surface area contributed by atoms with Crippen molar-refractivity contribution in [3.63, 3.8) is 0 Å². The summed E-state index contributed by atoms with van der Waals surface area (Å²) in [4.78, 5) is 26.9. The maximum Gasteiger partial charge on any atom is 0.472 e. The summed E-state index contributed by atoms with van der Waals surface area (Å²) in [5.74, 6) is -0.536. The van der Waals surface area contributed by atoms with Crippen LogP contribution in [0.1, 0.15) is 19.8 Å². The average Bonchev–Trinajstić information content (AvgIpc) is 1.84. The molecule has 0 fully saturated rings. The van der Waals surface area contributed by atoms with E-state index in [-0.39, 0.29) is 6.42 Å². The summed E-state index contributed by atoms with van der Waals surface area (Å²) in [7, 11) is -4.52. The molecule has 0 spiro atoms. The summed E-state index contributed by atoms with van der Waals surface area (Å²) in [6.45, 7) is 1.08. The van der Waals surface area contributed by atoms with Crippen LogP contribution in [0.15, 0.2) is 0 Å². The van der Waals surface area contributed by atoms with Crippen molar-refractivity contribution < 1.29 is 28.4 Å². The molecule has 7 heteroatoms. The number of phosphoric acid groups is 1.